The van der Waals surface area contributed by atoms with Crippen LogP contribution < -0.4 is 14.2 Å². The highest BCUT2D eigenvalue weighted by Gasteiger charge is 2.42. The number of hydrogen-bond acceptors (Lipinski definition) is 7. The van der Waals surface area contributed by atoms with Crippen molar-refractivity contribution in [2.24, 2.45) is 0 Å². The molecule has 0 saturated carbocycles. The zero-order valence-electron chi connectivity index (χ0n) is 20.5. The van der Waals surface area contributed by atoms with Crippen LogP contribution in [-0.2, 0) is 13.1 Å². The number of piperidine rings is 1. The van der Waals surface area contributed by atoms with Gasteiger partial charge in [0.15, 0.2) is 11.5 Å². The van der Waals surface area contributed by atoms with Gasteiger partial charge in [-0.15, -0.1) is 0 Å². The number of aryl methyl sites for hydroxylation is 2. The second-order valence-electron chi connectivity index (χ2n) is 9.18. The number of aliphatic hydroxyl groups is 2. The maximum Gasteiger partial charge on any atom is 0.161 e. The van der Waals surface area contributed by atoms with Crippen LogP contribution in [-0.4, -0.2) is 70.0 Å². The highest BCUT2D eigenvalue weighted by Crippen LogP contribution is 2.30. The second kappa shape index (κ2) is 11.6. The molecule has 1 aromatic heterocycles. The fraction of sp³-hybridized carbons (Fsp3) is 0.444. The van der Waals surface area contributed by atoms with Crippen molar-refractivity contribution in [3.05, 3.63) is 72.1 Å². The van der Waals surface area contributed by atoms with Gasteiger partial charge in [0, 0.05) is 45.0 Å². The number of nitrogens with zero attached hydrogens (tertiary/aromatic N) is 3. The Bertz CT molecular complexity index is 1070. The highest BCUT2D eigenvalue weighted by atomic mass is 16.5. The first-order valence-electron chi connectivity index (χ1n) is 12.0. The Morgan fingerprint density at radius 1 is 1.11 bits per heavy atom. The first kappa shape index (κ1) is 25.0. The number of rotatable bonds is 11. The lowest BCUT2D eigenvalue weighted by Crippen LogP contribution is -2.59. The van der Waals surface area contributed by atoms with Gasteiger partial charge in [0.1, 0.15) is 18.0 Å². The van der Waals surface area contributed by atoms with Crippen molar-refractivity contribution in [2.45, 2.75) is 44.6 Å². The Morgan fingerprint density at radius 3 is 2.77 bits per heavy atom. The Balaban J connectivity index is 1.32. The van der Waals surface area contributed by atoms with Crippen LogP contribution in [0.1, 0.15) is 24.0 Å². The first-order valence-corrected chi connectivity index (χ1v) is 12.0. The van der Waals surface area contributed by atoms with Crippen LogP contribution in [0.25, 0.3) is 0 Å². The maximum absolute atomic E-state index is 11.2. The number of β-amino-alcohol motifs (C(OH)–C–C–N with tert-alkyl or cyclic N) is 1. The van der Waals surface area contributed by atoms with Crippen LogP contribution in [0.3, 0.4) is 0 Å². The van der Waals surface area contributed by atoms with Gasteiger partial charge in [-0.25, -0.2) is 0 Å². The fourth-order valence-corrected chi connectivity index (χ4v) is 4.36. The molecule has 8 nitrogen and oxygen atoms in total. The zero-order chi connectivity index (χ0) is 24.7. The highest BCUT2D eigenvalue weighted by molar-refractivity contribution is 5.43. The minimum atomic E-state index is -1.34. The second-order valence-corrected chi connectivity index (χ2v) is 9.18. The number of ether oxygens (including phenoxy) is 3. The van der Waals surface area contributed by atoms with Gasteiger partial charge in [0.05, 0.1) is 19.8 Å². The van der Waals surface area contributed by atoms with Gasteiger partial charge < -0.3 is 24.4 Å². The molecule has 0 spiro atoms. The average Bonchev–Trinajstić information content (AvgIpc) is 3.37. The molecular formula is C27H35N3O5. The van der Waals surface area contributed by atoms with Gasteiger partial charge in [-0.3, -0.25) is 9.58 Å². The fourth-order valence-electron chi connectivity index (χ4n) is 4.36. The molecule has 0 unspecified atom stereocenters. The molecule has 188 valence electrons. The van der Waals surface area contributed by atoms with E-state index in [1.165, 1.54) is 0 Å². The van der Waals surface area contributed by atoms with Crippen LogP contribution >= 0.6 is 0 Å². The number of methoxy groups -OCH3 is 1. The van der Waals surface area contributed by atoms with E-state index >= 15 is 0 Å². The van der Waals surface area contributed by atoms with E-state index < -0.39 is 11.7 Å². The molecule has 0 aliphatic carbocycles. The average molecular weight is 482 g/mol. The largest absolute Gasteiger partial charge is 0.493 e. The zero-order valence-corrected chi connectivity index (χ0v) is 20.5. The number of aromatic nitrogens is 2. The Kier molecular flexibility index (Phi) is 8.28. The lowest BCUT2D eigenvalue weighted by atomic mass is 9.90. The van der Waals surface area contributed by atoms with Crippen molar-refractivity contribution < 1.29 is 24.4 Å². The van der Waals surface area contributed by atoms with Crippen LogP contribution in [0, 0.1) is 6.92 Å². The summed E-state index contributed by atoms with van der Waals surface area (Å²) in [6, 6.07) is 15.5. The summed E-state index contributed by atoms with van der Waals surface area (Å²) >= 11 is 0. The molecule has 1 aliphatic rings. The molecule has 1 fully saturated rings. The summed E-state index contributed by atoms with van der Waals surface area (Å²) in [5.74, 6) is 2.07. The third-order valence-electron chi connectivity index (χ3n) is 6.30. The predicted octanol–water partition coefficient (Wildman–Crippen LogP) is 3.05. The number of aliphatic hydroxyl groups excluding tert-OH is 1. The summed E-state index contributed by atoms with van der Waals surface area (Å²) in [6.45, 7) is 5.00. The molecule has 35 heavy (non-hydrogen) atoms. The topological polar surface area (TPSA) is 89.2 Å². The third-order valence-corrected chi connectivity index (χ3v) is 6.30. The van der Waals surface area contributed by atoms with Crippen molar-refractivity contribution in [2.75, 3.05) is 33.4 Å². The molecule has 2 atom stereocenters. The van der Waals surface area contributed by atoms with Crippen molar-refractivity contribution >= 4 is 0 Å². The van der Waals surface area contributed by atoms with Gasteiger partial charge in [-0.05, 0) is 54.8 Å². The molecule has 0 bridgehead atoms. The smallest absolute Gasteiger partial charge is 0.161 e. The molecule has 0 radical (unpaired) electrons. The molecule has 1 aliphatic heterocycles. The van der Waals surface area contributed by atoms with Gasteiger partial charge in [0.25, 0.3) is 0 Å². The molecule has 2 aromatic carbocycles. The maximum atomic E-state index is 11.2. The molecule has 8 heteroatoms. The number of benzene rings is 2. The molecule has 2 N–H and O–H groups in total. The Labute approximate surface area is 206 Å². The Morgan fingerprint density at radius 2 is 2.00 bits per heavy atom. The van der Waals surface area contributed by atoms with Gasteiger partial charge in [-0.1, -0.05) is 18.2 Å². The lowest BCUT2D eigenvalue weighted by molar-refractivity contribution is -0.140. The summed E-state index contributed by atoms with van der Waals surface area (Å²) in [5.41, 5.74) is 0.785. The van der Waals surface area contributed by atoms with Gasteiger partial charge in [0.2, 0.25) is 0 Å². The van der Waals surface area contributed by atoms with Crippen molar-refractivity contribution in [1.82, 2.24) is 14.7 Å². The van der Waals surface area contributed by atoms with E-state index in [1.54, 1.807) is 13.3 Å². The van der Waals surface area contributed by atoms with Crippen molar-refractivity contribution in [3.63, 3.8) is 0 Å². The summed E-state index contributed by atoms with van der Waals surface area (Å²) in [5, 5.41) is 25.9. The van der Waals surface area contributed by atoms with Crippen LogP contribution in [0.4, 0.5) is 0 Å². The molecular weight excluding hydrogens is 446 g/mol. The summed E-state index contributed by atoms with van der Waals surface area (Å²) < 4.78 is 19.2. The summed E-state index contributed by atoms with van der Waals surface area (Å²) in [4.78, 5) is 2.13. The minimum absolute atomic E-state index is 0.0305. The monoisotopic (exact) mass is 481 g/mol. The van der Waals surface area contributed by atoms with E-state index in [1.807, 2.05) is 66.3 Å². The van der Waals surface area contributed by atoms with Crippen molar-refractivity contribution in [3.8, 4) is 17.2 Å². The van der Waals surface area contributed by atoms with E-state index in [0.717, 1.165) is 24.1 Å². The molecule has 4 rings (SSSR count). The SMILES string of the molecule is COc1cc(CN2CC[C@H](O)[C@@](O)(COc3cccc(C)c3)C2)ccc1OCCCn1cccn1. The van der Waals surface area contributed by atoms with Crippen LogP contribution in [0.5, 0.6) is 17.2 Å². The summed E-state index contributed by atoms with van der Waals surface area (Å²) in [6.07, 6.45) is 4.18. The molecule has 0 amide bonds. The first-order chi connectivity index (χ1) is 16.9. The standard InChI is InChI=1S/C27H35N3O5/c1-21-6-3-7-23(16-21)35-20-27(32)19-29(14-10-26(27)31)18-22-8-9-24(25(17-22)33-2)34-15-5-13-30-12-4-11-28-30/h3-4,6-9,11-12,16-17,26,31-32H,5,10,13-15,18-20H2,1-2H3/t26-,27-/m0/s1. The minimum Gasteiger partial charge on any atom is -0.493 e. The van der Waals surface area contributed by atoms with Gasteiger partial charge >= 0.3 is 0 Å². The van der Waals surface area contributed by atoms with Gasteiger partial charge in [-0.2, -0.15) is 5.10 Å². The van der Waals surface area contributed by atoms with Crippen LogP contribution in [0.2, 0.25) is 0 Å². The summed E-state index contributed by atoms with van der Waals surface area (Å²) in [7, 11) is 1.63. The molecule has 1 saturated heterocycles. The van der Waals surface area contributed by atoms with E-state index in [2.05, 4.69) is 10.00 Å². The van der Waals surface area contributed by atoms with E-state index in [9.17, 15) is 10.2 Å². The number of likely N-dealkylation sites (tertiary alicyclic amines) is 1. The van der Waals surface area contributed by atoms with E-state index in [-0.39, 0.29) is 6.61 Å². The molecule has 2 heterocycles. The van der Waals surface area contributed by atoms with E-state index in [0.29, 0.717) is 49.9 Å². The molecule has 3 aromatic rings. The van der Waals surface area contributed by atoms with Crippen LogP contribution in [0.15, 0.2) is 60.9 Å². The normalized spacial score (nSPS) is 20.5. The lowest BCUT2D eigenvalue weighted by Gasteiger charge is -2.42. The third kappa shape index (κ3) is 6.75. The number of hydrogen-bond donors (Lipinski definition) is 2. The Hall–Kier alpha value is -3.07. The predicted molar refractivity (Wildman–Crippen MR) is 133 cm³/mol. The van der Waals surface area contributed by atoms with E-state index in [4.69, 9.17) is 14.2 Å². The van der Waals surface area contributed by atoms with Crippen molar-refractivity contribution in [1.29, 1.82) is 0 Å². The quantitative estimate of drug-likeness (QED) is 0.407.